The van der Waals surface area contributed by atoms with Crippen LogP contribution < -0.4 is 10.2 Å². The highest BCUT2D eigenvalue weighted by molar-refractivity contribution is 6.30. The number of benzene rings is 2. The standard InChI is InChI=1S/C21H19ClN4O/c1-13-11-15-5-3-4-6-19(15)26(13)20-12-18(23-14(2)24-20)21(27)25-17-9-7-16(22)8-10-17/h3-10,12-13H,11H2,1-2H3,(H,25,27). The van der Waals surface area contributed by atoms with Crippen molar-refractivity contribution in [2.75, 3.05) is 10.2 Å². The number of aromatic nitrogens is 2. The second-order valence-corrected chi connectivity index (χ2v) is 7.11. The van der Waals surface area contributed by atoms with Gasteiger partial charge in [-0.25, -0.2) is 9.97 Å². The van der Waals surface area contributed by atoms with Crippen molar-refractivity contribution >= 4 is 34.7 Å². The quantitative estimate of drug-likeness (QED) is 0.713. The maximum Gasteiger partial charge on any atom is 0.274 e. The van der Waals surface area contributed by atoms with Gasteiger partial charge >= 0.3 is 0 Å². The van der Waals surface area contributed by atoms with Gasteiger partial charge in [0.25, 0.3) is 5.91 Å². The minimum atomic E-state index is -0.274. The van der Waals surface area contributed by atoms with Crippen LogP contribution in [0.3, 0.4) is 0 Å². The molecule has 0 fully saturated rings. The molecule has 1 unspecified atom stereocenters. The lowest BCUT2D eigenvalue weighted by molar-refractivity contribution is 0.102. The number of carbonyl (C=O) groups is 1. The number of amides is 1. The van der Waals surface area contributed by atoms with E-state index < -0.39 is 0 Å². The van der Waals surface area contributed by atoms with Gasteiger partial charge in [-0.05, 0) is 56.2 Å². The van der Waals surface area contributed by atoms with Gasteiger partial charge in [-0.1, -0.05) is 29.8 Å². The van der Waals surface area contributed by atoms with Crippen molar-refractivity contribution in [3.05, 3.63) is 76.7 Å². The van der Waals surface area contributed by atoms with Gasteiger partial charge in [0.05, 0.1) is 0 Å². The molecule has 1 amide bonds. The molecule has 0 saturated heterocycles. The zero-order valence-electron chi connectivity index (χ0n) is 15.1. The van der Waals surface area contributed by atoms with E-state index in [2.05, 4.69) is 39.2 Å². The molecule has 0 radical (unpaired) electrons. The van der Waals surface area contributed by atoms with Crippen molar-refractivity contribution in [2.24, 2.45) is 0 Å². The van der Waals surface area contributed by atoms with E-state index in [4.69, 9.17) is 11.6 Å². The van der Waals surface area contributed by atoms with Crippen molar-refractivity contribution in [1.82, 2.24) is 9.97 Å². The first-order valence-corrected chi connectivity index (χ1v) is 9.19. The average molecular weight is 379 g/mol. The zero-order valence-corrected chi connectivity index (χ0v) is 15.9. The highest BCUT2D eigenvalue weighted by Crippen LogP contribution is 2.37. The first-order chi connectivity index (χ1) is 13.0. The molecule has 1 aromatic heterocycles. The van der Waals surface area contributed by atoms with Crippen molar-refractivity contribution in [1.29, 1.82) is 0 Å². The van der Waals surface area contributed by atoms with Crippen LogP contribution in [0.1, 0.15) is 28.8 Å². The monoisotopic (exact) mass is 378 g/mol. The number of nitrogens with one attached hydrogen (secondary N) is 1. The Morgan fingerprint density at radius 3 is 2.67 bits per heavy atom. The van der Waals surface area contributed by atoms with Crippen LogP contribution in [-0.2, 0) is 6.42 Å². The summed E-state index contributed by atoms with van der Waals surface area (Å²) in [6.45, 7) is 3.96. The number of carbonyl (C=O) groups excluding carboxylic acids is 1. The largest absolute Gasteiger partial charge is 0.323 e. The Morgan fingerprint density at radius 2 is 1.89 bits per heavy atom. The van der Waals surface area contributed by atoms with Crippen molar-refractivity contribution in [3.8, 4) is 0 Å². The highest BCUT2D eigenvalue weighted by Gasteiger charge is 2.28. The fourth-order valence-electron chi connectivity index (χ4n) is 3.43. The molecular weight excluding hydrogens is 360 g/mol. The Morgan fingerprint density at radius 1 is 1.15 bits per heavy atom. The minimum absolute atomic E-state index is 0.267. The van der Waals surface area contributed by atoms with Gasteiger partial charge in [0, 0.05) is 28.5 Å². The second kappa shape index (κ2) is 7.00. The summed E-state index contributed by atoms with van der Waals surface area (Å²) in [5.74, 6) is 1.02. The molecule has 0 bridgehead atoms. The molecule has 0 saturated carbocycles. The number of anilines is 3. The van der Waals surface area contributed by atoms with E-state index in [1.54, 1.807) is 37.3 Å². The molecule has 0 spiro atoms. The summed E-state index contributed by atoms with van der Waals surface area (Å²) in [7, 11) is 0. The molecule has 3 aromatic rings. The SMILES string of the molecule is Cc1nc(C(=O)Nc2ccc(Cl)cc2)cc(N2c3ccccc3CC2C)n1. The average Bonchev–Trinajstić information content (AvgIpc) is 2.98. The molecule has 2 aromatic carbocycles. The van der Waals surface area contributed by atoms with Gasteiger partial charge in [-0.3, -0.25) is 4.79 Å². The molecule has 1 atom stereocenters. The Bertz CT molecular complexity index is 1000. The minimum Gasteiger partial charge on any atom is -0.323 e. The fraction of sp³-hybridized carbons (Fsp3) is 0.190. The lowest BCUT2D eigenvalue weighted by Crippen LogP contribution is -2.26. The topological polar surface area (TPSA) is 58.1 Å². The predicted molar refractivity (Wildman–Crippen MR) is 108 cm³/mol. The Labute approximate surface area is 163 Å². The van der Waals surface area contributed by atoms with Gasteiger partial charge in [0.15, 0.2) is 0 Å². The summed E-state index contributed by atoms with van der Waals surface area (Å²) in [4.78, 5) is 23.8. The summed E-state index contributed by atoms with van der Waals surface area (Å²) in [6.07, 6.45) is 0.950. The third-order valence-corrected chi connectivity index (χ3v) is 4.87. The lowest BCUT2D eigenvalue weighted by Gasteiger charge is -2.24. The molecule has 136 valence electrons. The van der Waals surface area contributed by atoms with Gasteiger partial charge in [-0.15, -0.1) is 0 Å². The van der Waals surface area contributed by atoms with Crippen LogP contribution in [0.4, 0.5) is 17.2 Å². The van der Waals surface area contributed by atoms with Gasteiger partial charge < -0.3 is 10.2 Å². The lowest BCUT2D eigenvalue weighted by atomic mass is 10.1. The molecule has 2 heterocycles. The summed E-state index contributed by atoms with van der Waals surface area (Å²) in [5, 5.41) is 3.47. The number of hydrogen-bond acceptors (Lipinski definition) is 4. The van der Waals surface area contributed by atoms with Gasteiger partial charge in [0.2, 0.25) is 0 Å². The number of para-hydroxylation sites is 1. The molecule has 1 aliphatic rings. The zero-order chi connectivity index (χ0) is 19.0. The highest BCUT2D eigenvalue weighted by atomic mass is 35.5. The molecule has 27 heavy (non-hydrogen) atoms. The van der Waals surface area contributed by atoms with Crippen molar-refractivity contribution in [2.45, 2.75) is 26.3 Å². The van der Waals surface area contributed by atoms with Crippen LogP contribution in [0.15, 0.2) is 54.6 Å². The van der Waals surface area contributed by atoms with Crippen LogP contribution in [0.2, 0.25) is 5.02 Å². The number of hydrogen-bond donors (Lipinski definition) is 1. The van der Waals surface area contributed by atoms with Crippen molar-refractivity contribution < 1.29 is 4.79 Å². The Balaban J connectivity index is 1.66. The first-order valence-electron chi connectivity index (χ1n) is 8.81. The normalized spacial score (nSPS) is 15.5. The van der Waals surface area contributed by atoms with E-state index in [-0.39, 0.29) is 11.9 Å². The van der Waals surface area contributed by atoms with Gasteiger partial charge in [0.1, 0.15) is 17.3 Å². The summed E-state index contributed by atoms with van der Waals surface area (Å²) in [6, 6.07) is 17.3. The summed E-state index contributed by atoms with van der Waals surface area (Å²) in [5.41, 5.74) is 3.42. The number of halogens is 1. The van der Waals surface area contributed by atoms with Crippen LogP contribution >= 0.6 is 11.6 Å². The van der Waals surface area contributed by atoms with Crippen molar-refractivity contribution in [3.63, 3.8) is 0 Å². The third kappa shape index (κ3) is 3.51. The van der Waals surface area contributed by atoms with E-state index in [0.717, 1.165) is 17.9 Å². The van der Waals surface area contributed by atoms with E-state index in [9.17, 15) is 4.79 Å². The Hall–Kier alpha value is -2.92. The molecule has 5 nitrogen and oxygen atoms in total. The molecule has 1 N–H and O–H groups in total. The fourth-order valence-corrected chi connectivity index (χ4v) is 3.56. The van der Waals surface area contributed by atoms with Crippen LogP contribution in [-0.4, -0.2) is 21.9 Å². The van der Waals surface area contributed by atoms with E-state index >= 15 is 0 Å². The van der Waals surface area contributed by atoms with E-state index in [1.165, 1.54) is 5.56 Å². The van der Waals surface area contributed by atoms with E-state index in [0.29, 0.717) is 22.2 Å². The maximum atomic E-state index is 12.7. The summed E-state index contributed by atoms with van der Waals surface area (Å²) < 4.78 is 0. The van der Waals surface area contributed by atoms with Gasteiger partial charge in [-0.2, -0.15) is 0 Å². The molecule has 0 aliphatic carbocycles. The number of rotatable bonds is 3. The van der Waals surface area contributed by atoms with Crippen LogP contribution in [0.25, 0.3) is 0 Å². The molecule has 4 rings (SSSR count). The smallest absolute Gasteiger partial charge is 0.274 e. The Kier molecular flexibility index (Phi) is 4.54. The molecular formula is C21H19ClN4O. The number of fused-ring (bicyclic) bond motifs is 1. The second-order valence-electron chi connectivity index (χ2n) is 6.67. The predicted octanol–water partition coefficient (Wildman–Crippen LogP) is 4.77. The summed E-state index contributed by atoms with van der Waals surface area (Å²) >= 11 is 5.90. The number of nitrogens with zero attached hydrogens (tertiary/aromatic N) is 3. The van der Waals surface area contributed by atoms with Crippen LogP contribution in [0.5, 0.6) is 0 Å². The first kappa shape index (κ1) is 17.5. The van der Waals surface area contributed by atoms with Crippen LogP contribution in [0, 0.1) is 6.92 Å². The molecule has 1 aliphatic heterocycles. The third-order valence-electron chi connectivity index (χ3n) is 4.61. The number of aryl methyl sites for hydroxylation is 1. The van der Waals surface area contributed by atoms with E-state index in [1.807, 2.05) is 12.1 Å². The maximum absolute atomic E-state index is 12.7. The molecule has 6 heteroatoms.